The molecule has 6 heteroatoms. The molecule has 0 radical (unpaired) electrons. The molecule has 1 aliphatic carbocycles. The molecule has 0 unspecified atom stereocenters. The van der Waals surface area contributed by atoms with Crippen molar-refractivity contribution in [3.63, 3.8) is 0 Å². The maximum atomic E-state index is 11.7. The summed E-state index contributed by atoms with van der Waals surface area (Å²) in [5.41, 5.74) is 0. The first-order valence-corrected chi connectivity index (χ1v) is 5.93. The van der Waals surface area contributed by atoms with E-state index in [1.807, 2.05) is 0 Å². The van der Waals surface area contributed by atoms with Gasteiger partial charge in [0, 0.05) is 19.3 Å². The van der Waals surface area contributed by atoms with E-state index in [0.717, 1.165) is 12.8 Å². The molecule has 1 aliphatic rings. The van der Waals surface area contributed by atoms with E-state index in [-0.39, 0.29) is 0 Å². The third kappa shape index (κ3) is 1.50. The van der Waals surface area contributed by atoms with Gasteiger partial charge in [-0.05, 0) is 19.8 Å². The number of sulfonamides is 1. The number of nitrogens with zero attached hydrogens (tertiary/aromatic N) is 2. The summed E-state index contributed by atoms with van der Waals surface area (Å²) >= 11 is 0. The monoisotopic (exact) mass is 215 g/mol. The van der Waals surface area contributed by atoms with Crippen LogP contribution in [0.5, 0.6) is 0 Å². The third-order valence-corrected chi connectivity index (χ3v) is 4.74. The average Bonchev–Trinajstić information content (AvgIpc) is 2.70. The smallest absolute Gasteiger partial charge is 0.239 e. The van der Waals surface area contributed by atoms with Crippen molar-refractivity contribution in [1.82, 2.24) is 9.78 Å². The van der Waals surface area contributed by atoms with Crippen LogP contribution in [0.1, 0.15) is 19.8 Å². The summed E-state index contributed by atoms with van der Waals surface area (Å²) in [6.07, 6.45) is 3.16. The molecule has 0 spiro atoms. The van der Waals surface area contributed by atoms with Crippen LogP contribution in [0.3, 0.4) is 0 Å². The standard InChI is InChI=1S/C8H13N3O2S/c1-8(4-5-8)14(12,13)10-7-3-6-11(2)9-7/h3,6H,4-5H2,1-2H3,(H,9,10). The molecule has 1 aromatic rings. The van der Waals surface area contributed by atoms with E-state index in [9.17, 15) is 8.42 Å². The van der Waals surface area contributed by atoms with Gasteiger partial charge in [-0.15, -0.1) is 0 Å². The molecular weight excluding hydrogens is 202 g/mol. The zero-order valence-corrected chi connectivity index (χ0v) is 9.00. The predicted octanol–water partition coefficient (Wildman–Crippen LogP) is 0.714. The highest BCUT2D eigenvalue weighted by atomic mass is 32.2. The SMILES string of the molecule is Cn1ccc(NS(=O)(=O)C2(C)CC2)n1. The van der Waals surface area contributed by atoms with E-state index >= 15 is 0 Å². The molecule has 14 heavy (non-hydrogen) atoms. The van der Waals surface area contributed by atoms with Gasteiger partial charge in [0.25, 0.3) is 0 Å². The summed E-state index contributed by atoms with van der Waals surface area (Å²) < 4.78 is 26.9. The Morgan fingerprint density at radius 3 is 2.64 bits per heavy atom. The molecule has 1 N–H and O–H groups in total. The minimum atomic E-state index is -3.25. The Labute approximate surface area is 83.2 Å². The van der Waals surface area contributed by atoms with Crippen molar-refractivity contribution in [1.29, 1.82) is 0 Å². The van der Waals surface area contributed by atoms with Gasteiger partial charge in [-0.1, -0.05) is 0 Å². The molecule has 2 rings (SSSR count). The molecule has 0 bridgehead atoms. The second-order valence-corrected chi connectivity index (χ2v) is 6.13. The van der Waals surface area contributed by atoms with E-state index in [1.54, 1.807) is 30.9 Å². The van der Waals surface area contributed by atoms with Crippen molar-refractivity contribution in [2.45, 2.75) is 24.5 Å². The van der Waals surface area contributed by atoms with Crippen LogP contribution in [0.4, 0.5) is 5.82 Å². The van der Waals surface area contributed by atoms with Crippen LogP contribution in [0, 0.1) is 0 Å². The second-order valence-electron chi connectivity index (χ2n) is 3.93. The molecule has 0 amide bonds. The quantitative estimate of drug-likeness (QED) is 0.807. The lowest BCUT2D eigenvalue weighted by Gasteiger charge is -2.10. The van der Waals surface area contributed by atoms with E-state index in [4.69, 9.17) is 0 Å². The molecule has 1 aromatic heterocycles. The highest BCUT2D eigenvalue weighted by molar-refractivity contribution is 7.94. The number of aryl methyl sites for hydroxylation is 1. The van der Waals surface area contributed by atoms with Gasteiger partial charge in [-0.3, -0.25) is 9.40 Å². The fraction of sp³-hybridized carbons (Fsp3) is 0.625. The lowest BCUT2D eigenvalue weighted by molar-refractivity contribution is 0.587. The van der Waals surface area contributed by atoms with Crippen molar-refractivity contribution in [2.24, 2.45) is 7.05 Å². The van der Waals surface area contributed by atoms with Gasteiger partial charge in [-0.25, -0.2) is 8.42 Å². The number of hydrogen-bond acceptors (Lipinski definition) is 3. The van der Waals surface area contributed by atoms with Crippen LogP contribution >= 0.6 is 0 Å². The van der Waals surface area contributed by atoms with Gasteiger partial charge in [0.15, 0.2) is 5.82 Å². The van der Waals surface area contributed by atoms with Gasteiger partial charge < -0.3 is 0 Å². The molecule has 1 heterocycles. The molecule has 0 atom stereocenters. The Bertz CT molecular complexity index is 445. The van der Waals surface area contributed by atoms with Crippen LogP contribution in [-0.2, 0) is 17.1 Å². The topological polar surface area (TPSA) is 64.0 Å². The first kappa shape index (κ1) is 9.51. The van der Waals surface area contributed by atoms with Gasteiger partial charge >= 0.3 is 0 Å². The zero-order valence-electron chi connectivity index (χ0n) is 8.19. The lowest BCUT2D eigenvalue weighted by Crippen LogP contribution is -2.26. The Hall–Kier alpha value is -1.04. The second kappa shape index (κ2) is 2.73. The third-order valence-electron chi connectivity index (χ3n) is 2.56. The lowest BCUT2D eigenvalue weighted by atomic mass is 10.5. The number of rotatable bonds is 3. The van der Waals surface area contributed by atoms with Crippen LogP contribution < -0.4 is 4.72 Å². The molecule has 0 aliphatic heterocycles. The Balaban J connectivity index is 2.19. The van der Waals surface area contributed by atoms with Crippen molar-refractivity contribution in [3.8, 4) is 0 Å². The normalized spacial score (nSPS) is 19.3. The molecule has 5 nitrogen and oxygen atoms in total. The van der Waals surface area contributed by atoms with E-state index in [0.29, 0.717) is 5.82 Å². The largest absolute Gasteiger partial charge is 0.274 e. The highest BCUT2D eigenvalue weighted by Crippen LogP contribution is 2.43. The van der Waals surface area contributed by atoms with Crippen molar-refractivity contribution in [3.05, 3.63) is 12.3 Å². The van der Waals surface area contributed by atoms with Gasteiger partial charge in [-0.2, -0.15) is 5.10 Å². The van der Waals surface area contributed by atoms with Crippen LogP contribution in [-0.4, -0.2) is 22.9 Å². The highest BCUT2D eigenvalue weighted by Gasteiger charge is 2.50. The van der Waals surface area contributed by atoms with Gasteiger partial charge in [0.05, 0.1) is 4.75 Å². The molecule has 78 valence electrons. The maximum absolute atomic E-state index is 11.7. The maximum Gasteiger partial charge on any atom is 0.239 e. The first-order chi connectivity index (χ1) is 6.43. The minimum Gasteiger partial charge on any atom is -0.274 e. The van der Waals surface area contributed by atoms with E-state index in [2.05, 4.69) is 9.82 Å². The summed E-state index contributed by atoms with van der Waals surface area (Å²) in [5, 5.41) is 3.96. The van der Waals surface area contributed by atoms with Crippen molar-refractivity contribution < 1.29 is 8.42 Å². The Kier molecular flexibility index (Phi) is 1.85. The Morgan fingerprint density at radius 2 is 2.21 bits per heavy atom. The van der Waals surface area contributed by atoms with Crippen LogP contribution in [0.2, 0.25) is 0 Å². The number of anilines is 1. The number of aromatic nitrogens is 2. The van der Waals surface area contributed by atoms with Gasteiger partial charge in [0.1, 0.15) is 0 Å². The van der Waals surface area contributed by atoms with E-state index < -0.39 is 14.8 Å². The van der Waals surface area contributed by atoms with E-state index in [1.165, 1.54) is 0 Å². The zero-order chi connectivity index (χ0) is 10.4. The summed E-state index contributed by atoms with van der Waals surface area (Å²) in [6, 6.07) is 1.64. The fourth-order valence-corrected chi connectivity index (χ4v) is 2.45. The molecule has 1 fully saturated rings. The fourth-order valence-electron chi connectivity index (χ4n) is 1.18. The minimum absolute atomic E-state index is 0.389. The van der Waals surface area contributed by atoms with Gasteiger partial charge in [0.2, 0.25) is 10.0 Å². The average molecular weight is 215 g/mol. The van der Waals surface area contributed by atoms with Crippen molar-refractivity contribution >= 4 is 15.8 Å². The molecule has 0 aromatic carbocycles. The summed E-state index contributed by atoms with van der Waals surface area (Å²) in [4.78, 5) is 0. The Morgan fingerprint density at radius 1 is 1.57 bits per heavy atom. The molecule has 1 saturated carbocycles. The summed E-state index contributed by atoms with van der Waals surface area (Å²) in [6.45, 7) is 1.75. The summed E-state index contributed by atoms with van der Waals surface area (Å²) in [5.74, 6) is 0.389. The molecular formula is C8H13N3O2S. The van der Waals surface area contributed by atoms with Crippen LogP contribution in [0.25, 0.3) is 0 Å². The number of nitrogens with one attached hydrogen (secondary N) is 1. The predicted molar refractivity (Wildman–Crippen MR) is 53.4 cm³/mol. The first-order valence-electron chi connectivity index (χ1n) is 4.45. The summed E-state index contributed by atoms with van der Waals surface area (Å²) in [7, 11) is -1.51. The molecule has 0 saturated heterocycles. The van der Waals surface area contributed by atoms with Crippen molar-refractivity contribution in [2.75, 3.05) is 4.72 Å². The number of hydrogen-bond donors (Lipinski definition) is 1. The van der Waals surface area contributed by atoms with Crippen LogP contribution in [0.15, 0.2) is 12.3 Å².